The number of carbonyl (C=O) groups excluding carboxylic acids is 1. The van der Waals surface area contributed by atoms with Crippen LogP contribution in [-0.4, -0.2) is 20.6 Å². The lowest BCUT2D eigenvalue weighted by Gasteiger charge is -2.09. The summed E-state index contributed by atoms with van der Waals surface area (Å²) in [6.07, 6.45) is 0. The quantitative estimate of drug-likeness (QED) is 0.565. The second-order valence-electron chi connectivity index (χ2n) is 5.32. The van der Waals surface area contributed by atoms with Crippen molar-refractivity contribution in [3.8, 4) is 5.69 Å². The molecule has 3 aromatic rings. The van der Waals surface area contributed by atoms with Crippen LogP contribution in [0.5, 0.6) is 0 Å². The molecule has 25 heavy (non-hydrogen) atoms. The normalized spacial score (nSPS) is 10.5. The number of hydrogen-bond donors (Lipinski definition) is 1. The summed E-state index contributed by atoms with van der Waals surface area (Å²) < 4.78 is 1.57. The molecule has 1 N–H and O–H groups in total. The van der Waals surface area contributed by atoms with Gasteiger partial charge in [-0.15, -0.1) is 0 Å². The summed E-state index contributed by atoms with van der Waals surface area (Å²) in [5.41, 5.74) is 1.66. The monoisotopic (exact) mass is 356 g/mol. The summed E-state index contributed by atoms with van der Waals surface area (Å²) in [5.74, 6) is 0.0844. The number of anilines is 1. The number of nitrogens with zero attached hydrogens (tertiary/aromatic N) is 3. The molecule has 0 saturated heterocycles. The minimum Gasteiger partial charge on any atom is -0.306 e. The molecule has 1 heterocycles. The summed E-state index contributed by atoms with van der Waals surface area (Å²) in [6.45, 7) is 1.81. The van der Waals surface area contributed by atoms with Crippen LogP contribution in [0.1, 0.15) is 16.1 Å². The topological polar surface area (TPSA) is 90.1 Å². The Morgan fingerprint density at radius 2 is 1.92 bits per heavy atom. The van der Waals surface area contributed by atoms with E-state index in [9.17, 15) is 14.9 Å². The fourth-order valence-corrected chi connectivity index (χ4v) is 2.50. The predicted molar refractivity (Wildman–Crippen MR) is 94.4 cm³/mol. The third kappa shape index (κ3) is 3.67. The number of hydrogen-bond acceptors (Lipinski definition) is 4. The zero-order valence-corrected chi connectivity index (χ0v) is 13.9. The second-order valence-corrected chi connectivity index (χ2v) is 5.76. The van der Waals surface area contributed by atoms with E-state index in [4.69, 9.17) is 11.6 Å². The van der Waals surface area contributed by atoms with Gasteiger partial charge in [0.05, 0.1) is 16.3 Å². The first-order valence-electron chi connectivity index (χ1n) is 7.32. The maximum Gasteiger partial charge on any atom is 0.269 e. The van der Waals surface area contributed by atoms with E-state index < -0.39 is 10.8 Å². The number of nitro benzene ring substituents is 1. The lowest BCUT2D eigenvalue weighted by atomic mass is 10.2. The molecular formula is C17H13ClN4O3. The van der Waals surface area contributed by atoms with Crippen LogP contribution in [0.4, 0.5) is 11.5 Å². The van der Waals surface area contributed by atoms with Gasteiger partial charge in [-0.2, -0.15) is 5.10 Å². The number of rotatable bonds is 4. The number of carbonyl (C=O) groups is 1. The largest absolute Gasteiger partial charge is 0.306 e. The minimum atomic E-state index is -0.515. The smallest absolute Gasteiger partial charge is 0.269 e. The Kier molecular flexibility index (Phi) is 4.49. The highest BCUT2D eigenvalue weighted by atomic mass is 35.5. The molecule has 0 radical (unpaired) electrons. The molecule has 0 saturated carbocycles. The standard InChI is InChI=1S/C17H13ClN4O3/c1-11-9-16(21(20-11)15-4-2-3-13(18)10-15)19-17(23)12-5-7-14(8-6-12)22(24)25/h2-10H,1H3,(H,19,23). The predicted octanol–water partition coefficient (Wildman–Crippen LogP) is 3.99. The van der Waals surface area contributed by atoms with Crippen molar-refractivity contribution in [1.29, 1.82) is 0 Å². The van der Waals surface area contributed by atoms with Gasteiger partial charge < -0.3 is 5.32 Å². The van der Waals surface area contributed by atoms with Crippen LogP contribution in [-0.2, 0) is 0 Å². The van der Waals surface area contributed by atoms with Crippen molar-refractivity contribution in [3.05, 3.63) is 81.0 Å². The van der Waals surface area contributed by atoms with Crippen molar-refractivity contribution < 1.29 is 9.72 Å². The van der Waals surface area contributed by atoms with Crippen molar-refractivity contribution in [2.24, 2.45) is 0 Å². The fourth-order valence-electron chi connectivity index (χ4n) is 2.32. The van der Waals surface area contributed by atoms with Gasteiger partial charge in [0, 0.05) is 28.8 Å². The van der Waals surface area contributed by atoms with Gasteiger partial charge in [-0.25, -0.2) is 4.68 Å². The minimum absolute atomic E-state index is 0.0728. The molecule has 1 amide bonds. The first kappa shape index (κ1) is 16.7. The highest BCUT2D eigenvalue weighted by Gasteiger charge is 2.14. The number of nitro groups is 1. The molecule has 7 nitrogen and oxygen atoms in total. The van der Waals surface area contributed by atoms with Crippen LogP contribution in [0.3, 0.4) is 0 Å². The third-order valence-electron chi connectivity index (χ3n) is 3.47. The molecule has 0 aliphatic rings. The lowest BCUT2D eigenvalue weighted by molar-refractivity contribution is -0.384. The van der Waals surface area contributed by atoms with Crippen molar-refractivity contribution in [1.82, 2.24) is 9.78 Å². The van der Waals surface area contributed by atoms with Crippen molar-refractivity contribution in [3.63, 3.8) is 0 Å². The Balaban J connectivity index is 1.88. The van der Waals surface area contributed by atoms with Crippen LogP contribution in [0.15, 0.2) is 54.6 Å². The number of aryl methyl sites for hydroxylation is 1. The zero-order valence-electron chi connectivity index (χ0n) is 13.1. The molecule has 0 unspecified atom stereocenters. The first-order valence-corrected chi connectivity index (χ1v) is 7.70. The Labute approximate surface area is 148 Å². The molecule has 0 fully saturated rings. The second kappa shape index (κ2) is 6.74. The third-order valence-corrected chi connectivity index (χ3v) is 3.70. The van der Waals surface area contributed by atoms with E-state index in [1.807, 2.05) is 13.0 Å². The Morgan fingerprint density at radius 1 is 1.20 bits per heavy atom. The van der Waals surface area contributed by atoms with Crippen molar-refractivity contribution in [2.75, 3.05) is 5.32 Å². The summed E-state index contributed by atoms with van der Waals surface area (Å²) >= 11 is 6.01. The molecule has 0 atom stereocenters. The average molecular weight is 357 g/mol. The number of aromatic nitrogens is 2. The summed E-state index contributed by atoms with van der Waals surface area (Å²) in [5, 5.41) is 18.4. The highest BCUT2D eigenvalue weighted by Crippen LogP contribution is 2.21. The Bertz CT molecular complexity index is 951. The molecule has 2 aromatic carbocycles. The van der Waals surface area contributed by atoms with E-state index in [0.717, 1.165) is 5.69 Å². The van der Waals surface area contributed by atoms with Crippen molar-refractivity contribution in [2.45, 2.75) is 6.92 Å². The van der Waals surface area contributed by atoms with Gasteiger partial charge >= 0.3 is 0 Å². The van der Waals surface area contributed by atoms with Gasteiger partial charge in [0.15, 0.2) is 0 Å². The van der Waals surface area contributed by atoms with Crippen LogP contribution >= 0.6 is 11.6 Å². The number of halogens is 1. The van der Waals surface area contributed by atoms with E-state index in [1.165, 1.54) is 24.3 Å². The van der Waals surface area contributed by atoms with Gasteiger partial charge in [-0.1, -0.05) is 17.7 Å². The molecule has 126 valence electrons. The molecule has 3 rings (SSSR count). The van der Waals surface area contributed by atoms with Gasteiger partial charge in [0.2, 0.25) is 0 Å². The number of non-ortho nitro benzene ring substituents is 1. The van der Waals surface area contributed by atoms with Gasteiger partial charge in [-0.3, -0.25) is 14.9 Å². The van der Waals surface area contributed by atoms with Gasteiger partial charge in [0.1, 0.15) is 5.82 Å². The number of benzene rings is 2. The SMILES string of the molecule is Cc1cc(NC(=O)c2ccc([N+](=O)[O-])cc2)n(-c2cccc(Cl)c2)n1. The van der Waals surface area contributed by atoms with E-state index in [0.29, 0.717) is 22.1 Å². The number of amides is 1. The van der Waals surface area contributed by atoms with E-state index in [-0.39, 0.29) is 5.69 Å². The van der Waals surface area contributed by atoms with Crippen LogP contribution in [0.2, 0.25) is 5.02 Å². The summed E-state index contributed by atoms with van der Waals surface area (Å²) in [6, 6.07) is 14.2. The Hall–Kier alpha value is -3.19. The lowest BCUT2D eigenvalue weighted by Crippen LogP contribution is -2.15. The first-order chi connectivity index (χ1) is 11.9. The summed E-state index contributed by atoms with van der Waals surface area (Å²) in [7, 11) is 0. The van der Waals surface area contributed by atoms with Gasteiger partial charge in [0.25, 0.3) is 11.6 Å². The maximum absolute atomic E-state index is 12.4. The maximum atomic E-state index is 12.4. The zero-order chi connectivity index (χ0) is 18.0. The molecular weight excluding hydrogens is 344 g/mol. The fraction of sp³-hybridized carbons (Fsp3) is 0.0588. The van der Waals surface area contributed by atoms with Crippen LogP contribution < -0.4 is 5.32 Å². The molecule has 0 bridgehead atoms. The molecule has 8 heteroatoms. The Morgan fingerprint density at radius 3 is 2.56 bits per heavy atom. The summed E-state index contributed by atoms with van der Waals surface area (Å²) in [4.78, 5) is 22.6. The highest BCUT2D eigenvalue weighted by molar-refractivity contribution is 6.30. The van der Waals surface area contributed by atoms with Gasteiger partial charge in [-0.05, 0) is 37.3 Å². The molecule has 1 aromatic heterocycles. The van der Waals surface area contributed by atoms with Crippen LogP contribution in [0, 0.1) is 17.0 Å². The van der Waals surface area contributed by atoms with Crippen molar-refractivity contribution >= 4 is 29.0 Å². The van der Waals surface area contributed by atoms with E-state index >= 15 is 0 Å². The van der Waals surface area contributed by atoms with Crippen LogP contribution in [0.25, 0.3) is 5.69 Å². The van der Waals surface area contributed by atoms with E-state index in [1.54, 1.807) is 28.9 Å². The average Bonchev–Trinajstić information content (AvgIpc) is 2.95. The molecule has 0 spiro atoms. The number of nitrogens with one attached hydrogen (secondary N) is 1. The molecule has 0 aliphatic carbocycles. The molecule has 0 aliphatic heterocycles. The van der Waals surface area contributed by atoms with E-state index in [2.05, 4.69) is 10.4 Å².